The maximum atomic E-state index is 5.82. The molecule has 0 amide bonds. The van der Waals surface area contributed by atoms with Gasteiger partial charge in [-0.3, -0.25) is 9.80 Å². The fourth-order valence-corrected chi connectivity index (χ4v) is 3.58. The molecule has 2 fully saturated rings. The molecule has 2 saturated heterocycles. The third-order valence-electron chi connectivity index (χ3n) is 4.99. The molecule has 2 aliphatic heterocycles. The zero-order valence-corrected chi connectivity index (χ0v) is 13.8. The molecule has 2 aliphatic rings. The maximum Gasteiger partial charge on any atom is 0.0593 e. The predicted molar refractivity (Wildman–Crippen MR) is 85.1 cm³/mol. The Balaban J connectivity index is 1.71. The molecule has 2 heterocycles. The van der Waals surface area contributed by atoms with Crippen molar-refractivity contribution in [2.75, 3.05) is 39.4 Å². The third kappa shape index (κ3) is 4.71. The quantitative estimate of drug-likeness (QED) is 0.668. The number of hydrogen-bond donors (Lipinski definition) is 0. The summed E-state index contributed by atoms with van der Waals surface area (Å²) in [7, 11) is 0. The molecule has 2 rings (SSSR count). The lowest BCUT2D eigenvalue weighted by Crippen LogP contribution is -2.59. The number of rotatable bonds is 7. The highest BCUT2D eigenvalue weighted by Crippen LogP contribution is 2.24. The Labute approximate surface area is 125 Å². The third-order valence-corrected chi connectivity index (χ3v) is 4.99. The van der Waals surface area contributed by atoms with E-state index in [1.54, 1.807) is 0 Å². The molecule has 0 N–H and O–H groups in total. The molecule has 3 nitrogen and oxygen atoms in total. The highest BCUT2D eigenvalue weighted by molar-refractivity contribution is 4.90. The second kappa shape index (κ2) is 8.35. The van der Waals surface area contributed by atoms with Crippen molar-refractivity contribution < 1.29 is 4.74 Å². The van der Waals surface area contributed by atoms with Gasteiger partial charge in [-0.2, -0.15) is 0 Å². The summed E-state index contributed by atoms with van der Waals surface area (Å²) in [5, 5.41) is 0. The lowest BCUT2D eigenvalue weighted by molar-refractivity contribution is -0.00820. The van der Waals surface area contributed by atoms with E-state index in [1.807, 2.05) is 0 Å². The van der Waals surface area contributed by atoms with Gasteiger partial charge in [-0.15, -0.1) is 0 Å². The fraction of sp³-hybridized carbons (Fsp3) is 1.00. The zero-order valence-electron chi connectivity index (χ0n) is 13.8. The van der Waals surface area contributed by atoms with Crippen molar-refractivity contribution in [1.29, 1.82) is 0 Å². The first-order chi connectivity index (χ1) is 9.70. The predicted octanol–water partition coefficient (Wildman–Crippen LogP) is 3.00. The normalized spacial score (nSPS) is 28.8. The summed E-state index contributed by atoms with van der Waals surface area (Å²) in [5.74, 6) is 0.754. The van der Waals surface area contributed by atoms with E-state index in [1.165, 1.54) is 51.7 Å². The molecule has 2 unspecified atom stereocenters. The molecule has 0 aliphatic carbocycles. The van der Waals surface area contributed by atoms with Crippen LogP contribution in [0.2, 0.25) is 0 Å². The molecule has 0 aromatic carbocycles. The number of fused-ring (bicyclic) bond motifs is 1. The minimum atomic E-state index is 0.748. The SMILES string of the molecule is CCC1CN2CCCCC2CN1CCOCCC(C)C. The summed E-state index contributed by atoms with van der Waals surface area (Å²) >= 11 is 0. The average molecular weight is 282 g/mol. The van der Waals surface area contributed by atoms with Gasteiger partial charge in [0, 0.05) is 38.3 Å². The summed E-state index contributed by atoms with van der Waals surface area (Å²) in [6.45, 7) is 13.7. The molecule has 0 aromatic rings. The Morgan fingerprint density at radius 1 is 1.15 bits per heavy atom. The largest absolute Gasteiger partial charge is 0.380 e. The van der Waals surface area contributed by atoms with E-state index in [0.717, 1.165) is 37.8 Å². The van der Waals surface area contributed by atoms with Gasteiger partial charge in [0.15, 0.2) is 0 Å². The average Bonchev–Trinajstić information content (AvgIpc) is 2.45. The van der Waals surface area contributed by atoms with Crippen LogP contribution in [0.15, 0.2) is 0 Å². The lowest BCUT2D eigenvalue weighted by atomic mass is 9.96. The molecule has 0 spiro atoms. The van der Waals surface area contributed by atoms with E-state index in [2.05, 4.69) is 30.6 Å². The first-order valence-corrected chi connectivity index (χ1v) is 8.76. The van der Waals surface area contributed by atoms with Gasteiger partial charge in [-0.1, -0.05) is 27.2 Å². The van der Waals surface area contributed by atoms with Gasteiger partial charge in [0.05, 0.1) is 6.61 Å². The van der Waals surface area contributed by atoms with Crippen LogP contribution in [0.25, 0.3) is 0 Å². The van der Waals surface area contributed by atoms with Crippen molar-refractivity contribution >= 4 is 0 Å². The Bertz CT molecular complexity index is 270. The van der Waals surface area contributed by atoms with Crippen LogP contribution in [0.5, 0.6) is 0 Å². The van der Waals surface area contributed by atoms with Crippen LogP contribution in [0.4, 0.5) is 0 Å². The van der Waals surface area contributed by atoms with Gasteiger partial charge in [0.2, 0.25) is 0 Å². The van der Waals surface area contributed by atoms with Crippen molar-refractivity contribution in [3.05, 3.63) is 0 Å². The van der Waals surface area contributed by atoms with Crippen LogP contribution < -0.4 is 0 Å². The van der Waals surface area contributed by atoms with Crippen LogP contribution in [-0.2, 0) is 4.74 Å². The van der Waals surface area contributed by atoms with Gasteiger partial charge in [0.1, 0.15) is 0 Å². The van der Waals surface area contributed by atoms with Gasteiger partial charge in [0.25, 0.3) is 0 Å². The van der Waals surface area contributed by atoms with E-state index in [9.17, 15) is 0 Å². The smallest absolute Gasteiger partial charge is 0.0593 e. The van der Waals surface area contributed by atoms with Crippen molar-refractivity contribution in [1.82, 2.24) is 9.80 Å². The van der Waals surface area contributed by atoms with Crippen molar-refractivity contribution in [3.8, 4) is 0 Å². The van der Waals surface area contributed by atoms with Gasteiger partial charge < -0.3 is 4.74 Å². The summed E-state index contributed by atoms with van der Waals surface area (Å²) in [4.78, 5) is 5.44. The Morgan fingerprint density at radius 2 is 2.00 bits per heavy atom. The number of piperazine rings is 1. The van der Waals surface area contributed by atoms with Crippen LogP contribution in [-0.4, -0.2) is 61.3 Å². The number of hydrogen-bond acceptors (Lipinski definition) is 3. The van der Waals surface area contributed by atoms with Crippen molar-refractivity contribution in [2.24, 2.45) is 5.92 Å². The zero-order chi connectivity index (χ0) is 14.4. The van der Waals surface area contributed by atoms with Crippen LogP contribution >= 0.6 is 0 Å². The summed E-state index contributed by atoms with van der Waals surface area (Å²) in [5.41, 5.74) is 0. The molecule has 0 bridgehead atoms. The van der Waals surface area contributed by atoms with E-state index >= 15 is 0 Å². The molecule has 2 atom stereocenters. The van der Waals surface area contributed by atoms with Gasteiger partial charge >= 0.3 is 0 Å². The van der Waals surface area contributed by atoms with Crippen LogP contribution in [0.3, 0.4) is 0 Å². The summed E-state index contributed by atoms with van der Waals surface area (Å²) < 4.78 is 5.82. The van der Waals surface area contributed by atoms with Gasteiger partial charge in [-0.05, 0) is 38.1 Å². The molecule has 20 heavy (non-hydrogen) atoms. The number of nitrogens with zero attached hydrogens (tertiary/aromatic N) is 2. The van der Waals surface area contributed by atoms with Crippen LogP contribution in [0.1, 0.15) is 52.9 Å². The van der Waals surface area contributed by atoms with Crippen molar-refractivity contribution in [2.45, 2.75) is 65.0 Å². The molecular formula is C17H34N2O. The number of piperidine rings is 1. The van der Waals surface area contributed by atoms with E-state index < -0.39 is 0 Å². The highest BCUT2D eigenvalue weighted by atomic mass is 16.5. The van der Waals surface area contributed by atoms with Crippen molar-refractivity contribution in [3.63, 3.8) is 0 Å². The van der Waals surface area contributed by atoms with E-state index in [0.29, 0.717) is 0 Å². The fourth-order valence-electron chi connectivity index (χ4n) is 3.58. The monoisotopic (exact) mass is 282 g/mol. The molecule has 118 valence electrons. The molecular weight excluding hydrogens is 248 g/mol. The van der Waals surface area contributed by atoms with Crippen LogP contribution in [0, 0.1) is 5.92 Å². The lowest BCUT2D eigenvalue weighted by Gasteiger charge is -2.48. The topological polar surface area (TPSA) is 15.7 Å². The Morgan fingerprint density at radius 3 is 2.75 bits per heavy atom. The van der Waals surface area contributed by atoms with Gasteiger partial charge in [-0.25, -0.2) is 0 Å². The maximum absolute atomic E-state index is 5.82. The molecule has 0 saturated carbocycles. The van der Waals surface area contributed by atoms with E-state index in [4.69, 9.17) is 4.74 Å². The molecule has 3 heteroatoms. The Kier molecular flexibility index (Phi) is 6.79. The van der Waals surface area contributed by atoms with E-state index in [-0.39, 0.29) is 0 Å². The standard InChI is InChI=1S/C17H34N2O/c1-4-16-13-18-9-6-5-7-17(18)14-19(16)10-12-20-11-8-15(2)3/h15-17H,4-14H2,1-3H3. The molecule has 0 aromatic heterocycles. The minimum Gasteiger partial charge on any atom is -0.380 e. The second-order valence-electron chi connectivity index (χ2n) is 7.00. The second-order valence-corrected chi connectivity index (χ2v) is 7.00. The molecule has 0 radical (unpaired) electrons. The number of ether oxygens (including phenoxy) is 1. The first-order valence-electron chi connectivity index (χ1n) is 8.76. The summed E-state index contributed by atoms with van der Waals surface area (Å²) in [6.07, 6.45) is 6.70. The Hall–Kier alpha value is -0.120. The summed E-state index contributed by atoms with van der Waals surface area (Å²) in [6, 6.07) is 1.57. The minimum absolute atomic E-state index is 0.748. The highest BCUT2D eigenvalue weighted by Gasteiger charge is 2.33. The first kappa shape index (κ1) is 16.3.